The molecule has 0 atom stereocenters. The zero-order chi connectivity index (χ0) is 20.3. The quantitative estimate of drug-likeness (QED) is 0.557. The number of aromatic nitrogens is 1. The highest BCUT2D eigenvalue weighted by molar-refractivity contribution is 6.27. The molecular formula is C17H26N2O7. The fourth-order valence-corrected chi connectivity index (χ4v) is 1.59. The van der Waals surface area contributed by atoms with Gasteiger partial charge in [-0.2, -0.15) is 0 Å². The van der Waals surface area contributed by atoms with Crippen molar-refractivity contribution in [2.45, 2.75) is 26.2 Å². The summed E-state index contributed by atoms with van der Waals surface area (Å²) in [6, 6.07) is 3.61. The van der Waals surface area contributed by atoms with Gasteiger partial charge in [0.1, 0.15) is 12.4 Å². The number of rotatable bonds is 6. The van der Waals surface area contributed by atoms with Crippen LogP contribution in [0.1, 0.15) is 26.5 Å². The molecule has 0 aliphatic rings. The lowest BCUT2D eigenvalue weighted by molar-refractivity contribution is -0.159. The SMILES string of the molecule is CN(C)CCOC(=O)COc1cccnc1C(C)(C)C.O=C(O)C(=O)O. The Kier molecular flexibility index (Phi) is 9.90. The van der Waals surface area contributed by atoms with Gasteiger partial charge in [0.15, 0.2) is 6.61 Å². The molecule has 0 aliphatic heterocycles. The number of hydrogen-bond donors (Lipinski definition) is 2. The van der Waals surface area contributed by atoms with E-state index in [1.807, 2.05) is 25.1 Å². The van der Waals surface area contributed by atoms with Gasteiger partial charge in [-0.05, 0) is 26.2 Å². The van der Waals surface area contributed by atoms with Gasteiger partial charge in [-0.3, -0.25) is 4.98 Å². The van der Waals surface area contributed by atoms with E-state index < -0.39 is 11.9 Å². The Labute approximate surface area is 152 Å². The second kappa shape index (κ2) is 11.0. The van der Waals surface area contributed by atoms with Crippen LogP contribution in [0.15, 0.2) is 18.3 Å². The van der Waals surface area contributed by atoms with Crippen LogP contribution < -0.4 is 4.74 Å². The molecule has 1 aromatic rings. The van der Waals surface area contributed by atoms with Crippen molar-refractivity contribution in [2.24, 2.45) is 0 Å². The Balaban J connectivity index is 0.000000896. The molecule has 1 heterocycles. The highest BCUT2D eigenvalue weighted by Crippen LogP contribution is 2.28. The maximum atomic E-state index is 11.6. The van der Waals surface area contributed by atoms with Gasteiger partial charge in [0.05, 0.1) is 5.69 Å². The second-order valence-electron chi connectivity index (χ2n) is 6.52. The Morgan fingerprint density at radius 1 is 1.15 bits per heavy atom. The fourth-order valence-electron chi connectivity index (χ4n) is 1.59. The number of carboxylic acid groups (broad SMARTS) is 2. The van der Waals surface area contributed by atoms with E-state index in [-0.39, 0.29) is 18.0 Å². The first-order valence-corrected chi connectivity index (χ1v) is 7.80. The summed E-state index contributed by atoms with van der Waals surface area (Å²) in [4.78, 5) is 36.1. The minimum Gasteiger partial charge on any atom is -0.480 e. The predicted octanol–water partition coefficient (Wildman–Crippen LogP) is 1.02. The maximum Gasteiger partial charge on any atom is 0.414 e. The molecule has 0 aromatic carbocycles. The number of hydrogen-bond acceptors (Lipinski definition) is 7. The van der Waals surface area contributed by atoms with Gasteiger partial charge < -0.3 is 24.6 Å². The Morgan fingerprint density at radius 2 is 1.73 bits per heavy atom. The summed E-state index contributed by atoms with van der Waals surface area (Å²) in [5, 5.41) is 14.8. The van der Waals surface area contributed by atoms with Gasteiger partial charge in [-0.1, -0.05) is 20.8 Å². The lowest BCUT2D eigenvalue weighted by atomic mass is 9.91. The van der Waals surface area contributed by atoms with E-state index in [4.69, 9.17) is 29.3 Å². The number of carbonyl (C=O) groups excluding carboxylic acids is 1. The van der Waals surface area contributed by atoms with E-state index in [0.29, 0.717) is 18.9 Å². The summed E-state index contributed by atoms with van der Waals surface area (Å²) in [5.74, 6) is -3.38. The van der Waals surface area contributed by atoms with Crippen LogP contribution in [-0.2, 0) is 24.5 Å². The number of likely N-dealkylation sites (N-methyl/N-ethyl adjacent to an activating group) is 1. The van der Waals surface area contributed by atoms with Crippen molar-refractivity contribution in [1.82, 2.24) is 9.88 Å². The molecule has 146 valence electrons. The van der Waals surface area contributed by atoms with Crippen LogP contribution in [-0.4, -0.2) is 71.9 Å². The summed E-state index contributed by atoms with van der Waals surface area (Å²) in [6.07, 6.45) is 1.73. The minimum absolute atomic E-state index is 0.0950. The molecule has 0 aliphatic carbocycles. The average Bonchev–Trinajstić information content (AvgIpc) is 2.52. The van der Waals surface area contributed by atoms with Crippen LogP contribution in [0.2, 0.25) is 0 Å². The van der Waals surface area contributed by atoms with Crippen molar-refractivity contribution in [3.05, 3.63) is 24.0 Å². The van der Waals surface area contributed by atoms with Crippen LogP contribution in [0, 0.1) is 0 Å². The molecule has 2 N–H and O–H groups in total. The first-order valence-electron chi connectivity index (χ1n) is 7.80. The monoisotopic (exact) mass is 370 g/mol. The third-order valence-electron chi connectivity index (χ3n) is 2.81. The summed E-state index contributed by atoms with van der Waals surface area (Å²) >= 11 is 0. The topological polar surface area (TPSA) is 126 Å². The Bertz CT molecular complexity index is 597. The van der Waals surface area contributed by atoms with Crippen LogP contribution in [0.4, 0.5) is 0 Å². The number of esters is 1. The molecule has 0 fully saturated rings. The van der Waals surface area contributed by atoms with Crippen molar-refractivity contribution in [3.63, 3.8) is 0 Å². The van der Waals surface area contributed by atoms with Crippen LogP contribution in [0.5, 0.6) is 5.75 Å². The average molecular weight is 370 g/mol. The van der Waals surface area contributed by atoms with Gasteiger partial charge in [0.25, 0.3) is 0 Å². The summed E-state index contributed by atoms with van der Waals surface area (Å²) in [5.41, 5.74) is 0.701. The zero-order valence-electron chi connectivity index (χ0n) is 15.7. The summed E-state index contributed by atoms with van der Waals surface area (Å²) < 4.78 is 10.6. The van der Waals surface area contributed by atoms with E-state index in [9.17, 15) is 4.79 Å². The molecule has 1 rings (SSSR count). The highest BCUT2D eigenvalue weighted by atomic mass is 16.6. The molecule has 0 saturated carbocycles. The van der Waals surface area contributed by atoms with E-state index >= 15 is 0 Å². The highest BCUT2D eigenvalue weighted by Gasteiger charge is 2.20. The molecule has 26 heavy (non-hydrogen) atoms. The van der Waals surface area contributed by atoms with E-state index in [1.165, 1.54) is 0 Å². The number of aliphatic carboxylic acids is 2. The summed E-state index contributed by atoms with van der Waals surface area (Å²) in [6.45, 7) is 7.13. The first kappa shape index (κ1) is 23.3. The number of pyridine rings is 1. The van der Waals surface area contributed by atoms with Crippen LogP contribution in [0.25, 0.3) is 0 Å². The Hall–Kier alpha value is -2.68. The lowest BCUT2D eigenvalue weighted by Crippen LogP contribution is -2.23. The van der Waals surface area contributed by atoms with Crippen LogP contribution >= 0.6 is 0 Å². The molecule has 0 radical (unpaired) electrons. The van der Waals surface area contributed by atoms with Gasteiger partial charge in [0, 0.05) is 18.2 Å². The molecule has 9 nitrogen and oxygen atoms in total. The molecule has 9 heteroatoms. The normalized spacial score (nSPS) is 10.5. The number of carbonyl (C=O) groups is 3. The molecule has 1 aromatic heterocycles. The van der Waals surface area contributed by atoms with E-state index in [2.05, 4.69) is 25.8 Å². The predicted molar refractivity (Wildman–Crippen MR) is 93.2 cm³/mol. The molecular weight excluding hydrogens is 344 g/mol. The third kappa shape index (κ3) is 10.2. The zero-order valence-corrected chi connectivity index (χ0v) is 15.7. The van der Waals surface area contributed by atoms with E-state index in [0.717, 1.165) is 5.69 Å². The van der Waals surface area contributed by atoms with Gasteiger partial charge in [-0.25, -0.2) is 14.4 Å². The fraction of sp³-hybridized carbons (Fsp3) is 0.529. The minimum atomic E-state index is -1.82. The van der Waals surface area contributed by atoms with Crippen LogP contribution in [0.3, 0.4) is 0 Å². The lowest BCUT2D eigenvalue weighted by Gasteiger charge is -2.20. The summed E-state index contributed by atoms with van der Waals surface area (Å²) in [7, 11) is 3.85. The van der Waals surface area contributed by atoms with Gasteiger partial charge >= 0.3 is 17.9 Å². The molecule has 0 saturated heterocycles. The van der Waals surface area contributed by atoms with Crippen molar-refractivity contribution >= 4 is 17.9 Å². The molecule has 0 spiro atoms. The van der Waals surface area contributed by atoms with Crippen molar-refractivity contribution in [2.75, 3.05) is 33.9 Å². The number of carboxylic acids is 2. The molecule has 0 unspecified atom stereocenters. The Morgan fingerprint density at radius 3 is 2.19 bits per heavy atom. The van der Waals surface area contributed by atoms with Crippen molar-refractivity contribution in [3.8, 4) is 5.75 Å². The standard InChI is InChI=1S/C15H24N2O3.C2H2O4/c1-15(2,3)14-12(7-6-8-16-14)20-11-13(18)19-10-9-17(4)5;3-1(4)2(5)6/h6-8H,9-11H2,1-5H3;(H,3,4)(H,5,6). The maximum absolute atomic E-state index is 11.6. The largest absolute Gasteiger partial charge is 0.480 e. The van der Waals surface area contributed by atoms with Gasteiger partial charge in [0.2, 0.25) is 0 Å². The smallest absolute Gasteiger partial charge is 0.414 e. The van der Waals surface area contributed by atoms with Crippen molar-refractivity contribution in [1.29, 1.82) is 0 Å². The van der Waals surface area contributed by atoms with Gasteiger partial charge in [-0.15, -0.1) is 0 Å². The number of ether oxygens (including phenoxy) is 2. The van der Waals surface area contributed by atoms with E-state index in [1.54, 1.807) is 12.3 Å². The molecule has 0 amide bonds. The third-order valence-corrected chi connectivity index (χ3v) is 2.81. The molecule has 0 bridgehead atoms. The van der Waals surface area contributed by atoms with Crippen molar-refractivity contribution < 1.29 is 34.1 Å². The first-order chi connectivity index (χ1) is 11.9. The second-order valence-corrected chi connectivity index (χ2v) is 6.52. The number of nitrogens with zero attached hydrogens (tertiary/aromatic N) is 2.